The van der Waals surface area contributed by atoms with Crippen molar-refractivity contribution in [3.05, 3.63) is 22.8 Å². The Morgan fingerprint density at radius 1 is 1.10 bits per heavy atom. The van der Waals surface area contributed by atoms with Gasteiger partial charge in [0.1, 0.15) is 6.10 Å². The lowest BCUT2D eigenvalue weighted by Crippen LogP contribution is -2.20. The van der Waals surface area contributed by atoms with Crippen LogP contribution in [0.1, 0.15) is 56.6 Å². The van der Waals surface area contributed by atoms with Crippen molar-refractivity contribution in [2.75, 3.05) is 19.7 Å². The van der Waals surface area contributed by atoms with Crippen molar-refractivity contribution in [3.63, 3.8) is 0 Å². The van der Waals surface area contributed by atoms with Gasteiger partial charge in [0.15, 0.2) is 5.82 Å². The summed E-state index contributed by atoms with van der Waals surface area (Å²) >= 11 is 0. The van der Waals surface area contributed by atoms with Crippen LogP contribution in [-0.2, 0) is 11.2 Å². The van der Waals surface area contributed by atoms with Gasteiger partial charge in [0.25, 0.3) is 0 Å². The zero-order chi connectivity index (χ0) is 15.1. The summed E-state index contributed by atoms with van der Waals surface area (Å²) in [6.07, 6.45) is 0.965. The molecule has 0 radical (unpaired) electrons. The lowest BCUT2D eigenvalue weighted by atomic mass is 10.0. The van der Waals surface area contributed by atoms with Gasteiger partial charge in [0.2, 0.25) is 0 Å². The second-order valence-corrected chi connectivity index (χ2v) is 5.45. The maximum atomic E-state index is 5.80. The van der Waals surface area contributed by atoms with Gasteiger partial charge in [-0.15, -0.1) is 0 Å². The van der Waals surface area contributed by atoms with Gasteiger partial charge in [0, 0.05) is 18.0 Å². The molecule has 1 heterocycles. The van der Waals surface area contributed by atoms with Crippen LogP contribution in [0.25, 0.3) is 0 Å². The van der Waals surface area contributed by atoms with Crippen molar-refractivity contribution < 1.29 is 4.74 Å². The maximum Gasteiger partial charge on any atom is 0.157 e. The van der Waals surface area contributed by atoms with E-state index in [0.29, 0.717) is 12.5 Å². The van der Waals surface area contributed by atoms with Gasteiger partial charge in [-0.2, -0.15) is 0 Å². The number of hydrogen-bond donors (Lipinski definition) is 1. The molecule has 0 aliphatic carbocycles. The Morgan fingerprint density at radius 2 is 1.70 bits per heavy atom. The summed E-state index contributed by atoms with van der Waals surface area (Å²) in [7, 11) is 0. The SMILES string of the molecule is CCNCCc1c(C)nc(C(OCC)C(C)C)nc1C. The molecule has 1 rings (SSSR count). The molecule has 0 aliphatic rings. The van der Waals surface area contributed by atoms with E-state index in [1.54, 1.807) is 0 Å². The van der Waals surface area contributed by atoms with E-state index in [1.165, 1.54) is 5.56 Å². The van der Waals surface area contributed by atoms with Gasteiger partial charge in [-0.3, -0.25) is 0 Å². The molecule has 114 valence electrons. The second kappa shape index (κ2) is 8.32. The van der Waals surface area contributed by atoms with Crippen molar-refractivity contribution in [1.82, 2.24) is 15.3 Å². The Hall–Kier alpha value is -1.00. The normalized spacial score (nSPS) is 12.9. The molecule has 0 saturated heterocycles. The first-order valence-electron chi connectivity index (χ1n) is 7.67. The van der Waals surface area contributed by atoms with Gasteiger partial charge >= 0.3 is 0 Å². The zero-order valence-corrected chi connectivity index (χ0v) is 13.8. The van der Waals surface area contributed by atoms with E-state index in [4.69, 9.17) is 4.74 Å². The molecule has 0 aliphatic heterocycles. The average Bonchev–Trinajstić information content (AvgIpc) is 2.38. The van der Waals surface area contributed by atoms with E-state index < -0.39 is 0 Å². The first kappa shape index (κ1) is 17.1. The summed E-state index contributed by atoms with van der Waals surface area (Å²) in [4.78, 5) is 9.38. The largest absolute Gasteiger partial charge is 0.370 e. The van der Waals surface area contributed by atoms with Gasteiger partial charge in [-0.25, -0.2) is 9.97 Å². The molecule has 0 amide bonds. The number of aromatic nitrogens is 2. The Kier molecular flexibility index (Phi) is 7.10. The highest BCUT2D eigenvalue weighted by molar-refractivity contribution is 5.25. The number of hydrogen-bond acceptors (Lipinski definition) is 4. The molecule has 1 aromatic heterocycles. The first-order chi connectivity index (χ1) is 9.51. The van der Waals surface area contributed by atoms with Crippen LogP contribution in [0.5, 0.6) is 0 Å². The summed E-state index contributed by atoms with van der Waals surface area (Å²) in [5.41, 5.74) is 3.42. The predicted molar refractivity (Wildman–Crippen MR) is 83.0 cm³/mol. The van der Waals surface area contributed by atoms with E-state index >= 15 is 0 Å². The molecular formula is C16H29N3O. The first-order valence-corrected chi connectivity index (χ1v) is 7.67. The van der Waals surface area contributed by atoms with Crippen LogP contribution in [0.4, 0.5) is 0 Å². The van der Waals surface area contributed by atoms with E-state index in [-0.39, 0.29) is 6.10 Å². The number of ether oxygens (including phenoxy) is 1. The van der Waals surface area contributed by atoms with Crippen LogP contribution in [0, 0.1) is 19.8 Å². The van der Waals surface area contributed by atoms with Gasteiger partial charge < -0.3 is 10.1 Å². The molecule has 0 spiro atoms. The monoisotopic (exact) mass is 279 g/mol. The fourth-order valence-corrected chi connectivity index (χ4v) is 2.39. The van der Waals surface area contributed by atoms with Crippen LogP contribution >= 0.6 is 0 Å². The maximum absolute atomic E-state index is 5.80. The highest BCUT2D eigenvalue weighted by Crippen LogP contribution is 2.24. The Morgan fingerprint density at radius 3 is 2.15 bits per heavy atom. The fourth-order valence-electron chi connectivity index (χ4n) is 2.39. The number of nitrogens with zero attached hydrogens (tertiary/aromatic N) is 2. The Labute approximate surface area is 123 Å². The van der Waals surface area contributed by atoms with E-state index in [0.717, 1.165) is 36.7 Å². The molecule has 0 bridgehead atoms. The summed E-state index contributed by atoms with van der Waals surface area (Å²) in [6, 6.07) is 0. The molecule has 0 saturated carbocycles. The topological polar surface area (TPSA) is 47.0 Å². The lowest BCUT2D eigenvalue weighted by Gasteiger charge is -2.21. The molecular weight excluding hydrogens is 250 g/mol. The Balaban J connectivity index is 2.96. The quantitative estimate of drug-likeness (QED) is 0.743. The third-order valence-electron chi connectivity index (χ3n) is 3.45. The minimum Gasteiger partial charge on any atom is -0.370 e. The molecule has 1 aromatic rings. The predicted octanol–water partition coefficient (Wildman–Crippen LogP) is 2.98. The third kappa shape index (κ3) is 4.53. The molecule has 4 heteroatoms. The summed E-state index contributed by atoms with van der Waals surface area (Å²) in [6.45, 7) is 15.2. The molecule has 1 atom stereocenters. The van der Waals surface area contributed by atoms with Crippen molar-refractivity contribution in [2.45, 2.75) is 54.1 Å². The summed E-state index contributed by atoms with van der Waals surface area (Å²) < 4.78 is 5.80. The van der Waals surface area contributed by atoms with Gasteiger partial charge in [-0.1, -0.05) is 20.8 Å². The van der Waals surface area contributed by atoms with Crippen LogP contribution in [-0.4, -0.2) is 29.7 Å². The minimum atomic E-state index is -0.0137. The number of likely N-dealkylation sites (N-methyl/N-ethyl adjacent to an activating group) is 1. The molecule has 0 aromatic carbocycles. The fraction of sp³-hybridized carbons (Fsp3) is 0.750. The molecule has 0 fully saturated rings. The molecule has 1 N–H and O–H groups in total. The lowest BCUT2D eigenvalue weighted by molar-refractivity contribution is 0.0229. The highest BCUT2D eigenvalue weighted by Gasteiger charge is 2.21. The van der Waals surface area contributed by atoms with Crippen molar-refractivity contribution in [1.29, 1.82) is 0 Å². The zero-order valence-electron chi connectivity index (χ0n) is 13.8. The van der Waals surface area contributed by atoms with Gasteiger partial charge in [-0.05, 0) is 51.8 Å². The van der Waals surface area contributed by atoms with Crippen molar-refractivity contribution in [3.8, 4) is 0 Å². The highest BCUT2D eigenvalue weighted by atomic mass is 16.5. The number of rotatable bonds is 8. The minimum absolute atomic E-state index is 0.0137. The van der Waals surface area contributed by atoms with Crippen LogP contribution in [0.15, 0.2) is 0 Å². The number of nitrogens with one attached hydrogen (secondary N) is 1. The standard InChI is InChI=1S/C16H29N3O/c1-7-17-10-9-14-12(5)18-16(19-13(14)6)15(11(3)4)20-8-2/h11,15,17H,7-10H2,1-6H3. The van der Waals surface area contributed by atoms with Crippen LogP contribution < -0.4 is 5.32 Å². The van der Waals surface area contributed by atoms with E-state index in [1.807, 2.05) is 6.92 Å². The molecule has 4 nitrogen and oxygen atoms in total. The number of aryl methyl sites for hydroxylation is 2. The van der Waals surface area contributed by atoms with Crippen molar-refractivity contribution in [2.24, 2.45) is 5.92 Å². The van der Waals surface area contributed by atoms with Gasteiger partial charge in [0.05, 0.1) is 0 Å². The van der Waals surface area contributed by atoms with Crippen molar-refractivity contribution >= 4 is 0 Å². The van der Waals surface area contributed by atoms with Crippen LogP contribution in [0.2, 0.25) is 0 Å². The van der Waals surface area contributed by atoms with E-state index in [2.05, 4.69) is 49.9 Å². The van der Waals surface area contributed by atoms with E-state index in [9.17, 15) is 0 Å². The average molecular weight is 279 g/mol. The molecule has 20 heavy (non-hydrogen) atoms. The molecule has 1 unspecified atom stereocenters. The Bertz CT molecular complexity index is 395. The summed E-state index contributed by atoms with van der Waals surface area (Å²) in [5.74, 6) is 1.20. The smallest absolute Gasteiger partial charge is 0.157 e. The summed E-state index contributed by atoms with van der Waals surface area (Å²) in [5, 5.41) is 3.35. The van der Waals surface area contributed by atoms with Crippen LogP contribution in [0.3, 0.4) is 0 Å². The second-order valence-electron chi connectivity index (χ2n) is 5.45. The third-order valence-corrected chi connectivity index (χ3v) is 3.45.